The zero-order valence-corrected chi connectivity index (χ0v) is 13.1. The van der Waals surface area contributed by atoms with Gasteiger partial charge in [-0.15, -0.1) is 0 Å². The summed E-state index contributed by atoms with van der Waals surface area (Å²) in [6, 6.07) is 9.68. The zero-order chi connectivity index (χ0) is 17.3. The lowest BCUT2D eigenvalue weighted by Gasteiger charge is -2.19. The Hall–Kier alpha value is -2.76. The second-order valence-corrected chi connectivity index (χ2v) is 5.76. The van der Waals surface area contributed by atoms with Gasteiger partial charge in [0.1, 0.15) is 17.6 Å². The van der Waals surface area contributed by atoms with Gasteiger partial charge in [0.15, 0.2) is 0 Å². The number of halogens is 2. The molecule has 0 aliphatic carbocycles. The first-order chi connectivity index (χ1) is 11.5. The molecular weight excluding hydrogens is 314 g/mol. The van der Waals surface area contributed by atoms with Gasteiger partial charge in [-0.3, -0.25) is 9.59 Å². The minimum Gasteiger partial charge on any atom is -0.325 e. The van der Waals surface area contributed by atoms with Crippen LogP contribution in [0.2, 0.25) is 0 Å². The lowest BCUT2D eigenvalue weighted by molar-refractivity contribution is -0.129. The number of benzene rings is 2. The molecule has 4 nitrogen and oxygen atoms in total. The standard InChI is InChI=1S/C18H16F2N2O2/c1-11-9-13(20)5-6-16(11)22-8-7-15(18(22)24)17(23)21-14-4-2-3-12(19)10-14/h2-6,9-10,15H,7-8H2,1H3,(H,21,23). The molecule has 124 valence electrons. The fraction of sp³-hybridized carbons (Fsp3) is 0.222. The summed E-state index contributed by atoms with van der Waals surface area (Å²) in [6.45, 7) is 2.10. The summed E-state index contributed by atoms with van der Waals surface area (Å²) in [6.07, 6.45) is 0.358. The van der Waals surface area contributed by atoms with Crippen LogP contribution < -0.4 is 10.2 Å². The quantitative estimate of drug-likeness (QED) is 0.878. The highest BCUT2D eigenvalue weighted by Crippen LogP contribution is 2.29. The van der Waals surface area contributed by atoms with Crippen LogP contribution in [0.3, 0.4) is 0 Å². The summed E-state index contributed by atoms with van der Waals surface area (Å²) < 4.78 is 26.4. The normalized spacial score (nSPS) is 17.2. The minimum atomic E-state index is -0.835. The van der Waals surface area contributed by atoms with Gasteiger partial charge in [0, 0.05) is 17.9 Å². The van der Waals surface area contributed by atoms with E-state index >= 15 is 0 Å². The van der Waals surface area contributed by atoms with Gasteiger partial charge in [-0.25, -0.2) is 8.78 Å². The third kappa shape index (κ3) is 3.13. The monoisotopic (exact) mass is 330 g/mol. The fourth-order valence-corrected chi connectivity index (χ4v) is 2.88. The van der Waals surface area contributed by atoms with Crippen molar-refractivity contribution in [1.82, 2.24) is 0 Å². The van der Waals surface area contributed by atoms with E-state index in [-0.39, 0.29) is 11.7 Å². The van der Waals surface area contributed by atoms with Crippen molar-refractivity contribution in [1.29, 1.82) is 0 Å². The summed E-state index contributed by atoms with van der Waals surface area (Å²) in [4.78, 5) is 26.3. The average Bonchev–Trinajstić information content (AvgIpc) is 2.89. The van der Waals surface area contributed by atoms with E-state index in [0.717, 1.165) is 0 Å². The van der Waals surface area contributed by atoms with Crippen LogP contribution in [0.15, 0.2) is 42.5 Å². The highest BCUT2D eigenvalue weighted by Gasteiger charge is 2.38. The van der Waals surface area contributed by atoms with Crippen molar-refractivity contribution in [3.63, 3.8) is 0 Å². The maximum Gasteiger partial charge on any atom is 0.239 e. The Morgan fingerprint density at radius 3 is 2.62 bits per heavy atom. The number of rotatable bonds is 3. The van der Waals surface area contributed by atoms with Gasteiger partial charge in [0.25, 0.3) is 0 Å². The molecule has 0 aromatic heterocycles. The number of carbonyl (C=O) groups excluding carboxylic acids is 2. The van der Waals surface area contributed by atoms with E-state index < -0.39 is 17.6 Å². The largest absolute Gasteiger partial charge is 0.325 e. The first-order valence-corrected chi connectivity index (χ1v) is 7.59. The second kappa shape index (κ2) is 6.39. The second-order valence-electron chi connectivity index (χ2n) is 5.76. The van der Waals surface area contributed by atoms with Crippen LogP contribution in [0.1, 0.15) is 12.0 Å². The van der Waals surface area contributed by atoms with Crippen LogP contribution in [0.4, 0.5) is 20.2 Å². The van der Waals surface area contributed by atoms with Gasteiger partial charge in [-0.1, -0.05) is 6.07 Å². The van der Waals surface area contributed by atoms with Crippen LogP contribution in [0.5, 0.6) is 0 Å². The highest BCUT2D eigenvalue weighted by molar-refractivity contribution is 6.13. The van der Waals surface area contributed by atoms with Gasteiger partial charge in [-0.05, 0) is 55.3 Å². The van der Waals surface area contributed by atoms with Gasteiger partial charge in [-0.2, -0.15) is 0 Å². The summed E-state index contributed by atoms with van der Waals surface area (Å²) in [5.41, 5.74) is 1.54. The molecule has 0 bridgehead atoms. The molecule has 6 heteroatoms. The van der Waals surface area contributed by atoms with Crippen LogP contribution in [0.25, 0.3) is 0 Å². The SMILES string of the molecule is Cc1cc(F)ccc1N1CCC(C(=O)Nc2cccc(F)c2)C1=O. The average molecular weight is 330 g/mol. The molecule has 1 N–H and O–H groups in total. The highest BCUT2D eigenvalue weighted by atomic mass is 19.1. The summed E-state index contributed by atoms with van der Waals surface area (Å²) in [7, 11) is 0. The van der Waals surface area contributed by atoms with Gasteiger partial charge in [0.05, 0.1) is 0 Å². The van der Waals surface area contributed by atoms with Crippen molar-refractivity contribution in [3.8, 4) is 0 Å². The molecule has 1 unspecified atom stereocenters. The lowest BCUT2D eigenvalue weighted by Crippen LogP contribution is -2.33. The topological polar surface area (TPSA) is 49.4 Å². The molecule has 3 rings (SSSR count). The number of anilines is 2. The maximum absolute atomic E-state index is 13.2. The lowest BCUT2D eigenvalue weighted by atomic mass is 10.1. The van der Waals surface area contributed by atoms with Crippen molar-refractivity contribution < 1.29 is 18.4 Å². The van der Waals surface area contributed by atoms with Crippen LogP contribution in [0, 0.1) is 24.5 Å². The molecule has 2 aromatic carbocycles. The zero-order valence-electron chi connectivity index (χ0n) is 13.1. The number of nitrogens with zero attached hydrogens (tertiary/aromatic N) is 1. The van der Waals surface area contributed by atoms with E-state index in [1.165, 1.54) is 41.3 Å². The van der Waals surface area contributed by atoms with Gasteiger partial charge in [0.2, 0.25) is 11.8 Å². The summed E-state index contributed by atoms with van der Waals surface area (Å²) in [5, 5.41) is 2.56. The van der Waals surface area contributed by atoms with E-state index in [1.54, 1.807) is 13.0 Å². The van der Waals surface area contributed by atoms with E-state index in [1.807, 2.05) is 0 Å². The molecule has 1 atom stereocenters. The molecule has 1 fully saturated rings. The van der Waals surface area contributed by atoms with E-state index in [4.69, 9.17) is 0 Å². The van der Waals surface area contributed by atoms with Gasteiger partial charge >= 0.3 is 0 Å². The summed E-state index contributed by atoms with van der Waals surface area (Å²) in [5.74, 6) is -2.47. The first kappa shape index (κ1) is 16.1. The van der Waals surface area contributed by atoms with Crippen molar-refractivity contribution in [2.24, 2.45) is 5.92 Å². The Morgan fingerprint density at radius 2 is 1.92 bits per heavy atom. The summed E-state index contributed by atoms with van der Waals surface area (Å²) >= 11 is 0. The predicted octanol–water partition coefficient (Wildman–Crippen LogP) is 3.26. The predicted molar refractivity (Wildman–Crippen MR) is 86.6 cm³/mol. The molecule has 1 aliphatic heterocycles. The van der Waals surface area contributed by atoms with Crippen molar-refractivity contribution >= 4 is 23.2 Å². The molecule has 0 saturated carbocycles. The fourth-order valence-electron chi connectivity index (χ4n) is 2.88. The Labute approximate surface area is 138 Å². The molecule has 0 spiro atoms. The molecule has 24 heavy (non-hydrogen) atoms. The molecular formula is C18H16F2N2O2. The van der Waals surface area contributed by atoms with E-state index in [2.05, 4.69) is 5.32 Å². The van der Waals surface area contributed by atoms with E-state index in [9.17, 15) is 18.4 Å². The number of carbonyl (C=O) groups is 2. The van der Waals surface area contributed by atoms with Gasteiger partial charge < -0.3 is 10.2 Å². The molecule has 2 amide bonds. The number of hydrogen-bond donors (Lipinski definition) is 1. The molecule has 1 heterocycles. The Balaban J connectivity index is 1.75. The minimum absolute atomic E-state index is 0.309. The molecule has 1 saturated heterocycles. The van der Waals surface area contributed by atoms with Crippen LogP contribution in [-0.4, -0.2) is 18.4 Å². The molecule has 1 aliphatic rings. The van der Waals surface area contributed by atoms with Crippen molar-refractivity contribution in [3.05, 3.63) is 59.7 Å². The third-order valence-electron chi connectivity index (χ3n) is 4.06. The number of hydrogen-bond acceptors (Lipinski definition) is 2. The molecule has 2 aromatic rings. The van der Waals surface area contributed by atoms with E-state index in [0.29, 0.717) is 29.9 Å². The van der Waals surface area contributed by atoms with Crippen LogP contribution in [-0.2, 0) is 9.59 Å². The maximum atomic E-state index is 13.2. The Kier molecular flexibility index (Phi) is 4.29. The van der Waals surface area contributed by atoms with Crippen LogP contribution >= 0.6 is 0 Å². The van der Waals surface area contributed by atoms with Crippen molar-refractivity contribution in [2.75, 3.05) is 16.8 Å². The number of amides is 2. The molecule has 0 radical (unpaired) electrons. The number of nitrogens with one attached hydrogen (secondary N) is 1. The number of aryl methyl sites for hydroxylation is 1. The first-order valence-electron chi connectivity index (χ1n) is 7.59. The third-order valence-corrected chi connectivity index (χ3v) is 4.06. The smallest absolute Gasteiger partial charge is 0.239 e. The Morgan fingerprint density at radius 1 is 1.17 bits per heavy atom. The Bertz CT molecular complexity index is 807. The van der Waals surface area contributed by atoms with Crippen molar-refractivity contribution in [2.45, 2.75) is 13.3 Å².